The quantitative estimate of drug-likeness (QED) is 0.753. The van der Waals surface area contributed by atoms with Crippen molar-refractivity contribution in [2.24, 2.45) is 0 Å². The van der Waals surface area contributed by atoms with Crippen LogP contribution in [0.5, 0.6) is 0 Å². The molecule has 8 heteroatoms. The molecule has 1 saturated heterocycles. The van der Waals surface area contributed by atoms with Crippen LogP contribution in [0.2, 0.25) is 0 Å². The molecular formula is C19H24F3N3OS. The fraction of sp³-hybridized carbons (Fsp3) is 0.579. The van der Waals surface area contributed by atoms with Gasteiger partial charge in [0.2, 0.25) is 5.91 Å². The number of benzene rings is 1. The number of amides is 1. The van der Waals surface area contributed by atoms with Crippen molar-refractivity contribution in [3.8, 4) is 0 Å². The first kappa shape index (κ1) is 20.1. The normalized spacial score (nSPS) is 17.0. The summed E-state index contributed by atoms with van der Waals surface area (Å²) in [5, 5.41) is 1.11. The topological polar surface area (TPSA) is 36.4 Å². The predicted molar refractivity (Wildman–Crippen MR) is 101 cm³/mol. The third-order valence-electron chi connectivity index (χ3n) is 4.90. The van der Waals surface area contributed by atoms with E-state index in [1.807, 2.05) is 23.1 Å². The Morgan fingerprint density at radius 1 is 1.30 bits per heavy atom. The zero-order valence-corrected chi connectivity index (χ0v) is 16.3. The zero-order valence-electron chi connectivity index (χ0n) is 15.5. The van der Waals surface area contributed by atoms with E-state index in [4.69, 9.17) is 4.98 Å². The summed E-state index contributed by atoms with van der Waals surface area (Å²) >= 11 is 1.70. The molecule has 1 aliphatic heterocycles. The van der Waals surface area contributed by atoms with Crippen LogP contribution in [0.3, 0.4) is 0 Å². The standard InChI is InChI=1S/C19H24F3N3OS/c1-13(2)25(12-19(20,21)22)17(26)11-24-9-7-14(8-10-24)18-23-15-5-3-4-6-16(15)27-18/h3-6,13-14H,7-12H2,1-2H3. The highest BCUT2D eigenvalue weighted by atomic mass is 32.1. The fourth-order valence-corrected chi connectivity index (χ4v) is 4.57. The van der Waals surface area contributed by atoms with Crippen LogP contribution in [-0.2, 0) is 4.79 Å². The predicted octanol–water partition coefficient (Wildman–Crippen LogP) is 4.28. The van der Waals surface area contributed by atoms with Crippen molar-refractivity contribution < 1.29 is 18.0 Å². The van der Waals surface area contributed by atoms with Crippen molar-refractivity contribution >= 4 is 27.5 Å². The number of carbonyl (C=O) groups is 1. The molecule has 1 amide bonds. The second-order valence-electron chi connectivity index (χ2n) is 7.30. The van der Waals surface area contributed by atoms with Crippen molar-refractivity contribution in [3.63, 3.8) is 0 Å². The lowest BCUT2D eigenvalue weighted by atomic mass is 9.97. The number of rotatable bonds is 5. The number of likely N-dealkylation sites (tertiary alicyclic amines) is 1. The molecule has 1 aliphatic rings. The van der Waals surface area contributed by atoms with Crippen LogP contribution in [0.1, 0.15) is 37.6 Å². The van der Waals surface area contributed by atoms with Crippen LogP contribution in [0.4, 0.5) is 13.2 Å². The first-order valence-corrected chi connectivity index (χ1v) is 9.98. The third-order valence-corrected chi connectivity index (χ3v) is 6.10. The van der Waals surface area contributed by atoms with Crippen LogP contribution in [0, 0.1) is 0 Å². The van der Waals surface area contributed by atoms with Crippen molar-refractivity contribution in [2.45, 2.75) is 44.8 Å². The minimum absolute atomic E-state index is 0.0425. The number of nitrogens with zero attached hydrogens (tertiary/aromatic N) is 3. The van der Waals surface area contributed by atoms with Gasteiger partial charge in [-0.05, 0) is 51.9 Å². The van der Waals surface area contributed by atoms with Crippen LogP contribution in [0.25, 0.3) is 10.2 Å². The van der Waals surface area contributed by atoms with Gasteiger partial charge in [0.25, 0.3) is 0 Å². The Bertz CT molecular complexity index is 749. The Labute approximate surface area is 161 Å². The maximum absolute atomic E-state index is 12.7. The molecule has 4 nitrogen and oxygen atoms in total. The van der Waals surface area contributed by atoms with Crippen molar-refractivity contribution in [2.75, 3.05) is 26.2 Å². The van der Waals surface area contributed by atoms with Crippen LogP contribution in [0.15, 0.2) is 24.3 Å². The molecule has 0 N–H and O–H groups in total. The summed E-state index contributed by atoms with van der Waals surface area (Å²) in [5.41, 5.74) is 1.01. The molecule has 0 unspecified atom stereocenters. The number of hydrogen-bond acceptors (Lipinski definition) is 4. The number of aromatic nitrogens is 1. The number of carbonyl (C=O) groups excluding carboxylic acids is 1. The van der Waals surface area contributed by atoms with E-state index < -0.39 is 24.7 Å². The average Bonchev–Trinajstić information content (AvgIpc) is 3.03. The fourth-order valence-electron chi connectivity index (χ4n) is 3.44. The number of fused-ring (bicyclic) bond motifs is 1. The lowest BCUT2D eigenvalue weighted by Crippen LogP contribution is -2.48. The number of alkyl halides is 3. The molecule has 0 radical (unpaired) electrons. The van der Waals surface area contributed by atoms with E-state index in [9.17, 15) is 18.0 Å². The number of para-hydroxylation sites is 1. The van der Waals surface area contributed by atoms with Crippen molar-refractivity contribution in [3.05, 3.63) is 29.3 Å². The first-order valence-electron chi connectivity index (χ1n) is 9.17. The van der Waals surface area contributed by atoms with Gasteiger partial charge < -0.3 is 4.90 Å². The Kier molecular flexibility index (Phi) is 6.05. The molecule has 0 saturated carbocycles. The summed E-state index contributed by atoms with van der Waals surface area (Å²) in [7, 11) is 0. The van der Waals surface area contributed by atoms with Gasteiger partial charge in [0.05, 0.1) is 21.8 Å². The van der Waals surface area contributed by atoms with Crippen molar-refractivity contribution in [1.82, 2.24) is 14.8 Å². The largest absolute Gasteiger partial charge is 0.406 e. The van der Waals surface area contributed by atoms with Gasteiger partial charge in [-0.25, -0.2) is 4.98 Å². The molecule has 148 valence electrons. The molecule has 3 rings (SSSR count). The van der Waals surface area contributed by atoms with E-state index in [-0.39, 0.29) is 6.54 Å². The number of thiazole rings is 1. The lowest BCUT2D eigenvalue weighted by molar-refractivity contribution is -0.165. The maximum atomic E-state index is 12.7. The van der Waals surface area contributed by atoms with Crippen LogP contribution in [-0.4, -0.2) is 59.1 Å². The van der Waals surface area contributed by atoms with Gasteiger partial charge in [-0.1, -0.05) is 12.1 Å². The molecule has 0 spiro atoms. The van der Waals surface area contributed by atoms with Gasteiger partial charge in [-0.3, -0.25) is 9.69 Å². The monoisotopic (exact) mass is 399 g/mol. The molecule has 2 aromatic rings. The van der Waals surface area contributed by atoms with E-state index in [0.717, 1.165) is 28.3 Å². The van der Waals surface area contributed by atoms with Crippen LogP contribution < -0.4 is 0 Å². The summed E-state index contributed by atoms with van der Waals surface area (Å²) in [6.45, 7) is 3.48. The second kappa shape index (κ2) is 8.14. The maximum Gasteiger partial charge on any atom is 0.406 e. The highest BCUT2D eigenvalue weighted by molar-refractivity contribution is 7.18. The average molecular weight is 399 g/mol. The number of hydrogen-bond donors (Lipinski definition) is 0. The zero-order chi connectivity index (χ0) is 19.6. The second-order valence-corrected chi connectivity index (χ2v) is 8.36. The van der Waals surface area contributed by atoms with Gasteiger partial charge >= 0.3 is 6.18 Å². The highest BCUT2D eigenvalue weighted by Gasteiger charge is 2.35. The molecular weight excluding hydrogens is 375 g/mol. The minimum atomic E-state index is -4.38. The highest BCUT2D eigenvalue weighted by Crippen LogP contribution is 2.33. The smallest absolute Gasteiger partial charge is 0.330 e. The molecule has 0 bridgehead atoms. The van der Waals surface area contributed by atoms with Gasteiger partial charge in [-0.15, -0.1) is 11.3 Å². The Morgan fingerprint density at radius 2 is 1.96 bits per heavy atom. The van der Waals surface area contributed by atoms with E-state index in [2.05, 4.69) is 6.07 Å². The Hall–Kier alpha value is -1.67. The Balaban J connectivity index is 1.56. The SMILES string of the molecule is CC(C)N(CC(F)(F)F)C(=O)CN1CCC(c2nc3ccccc3s2)CC1. The first-order chi connectivity index (χ1) is 12.7. The van der Waals surface area contributed by atoms with Crippen LogP contribution >= 0.6 is 11.3 Å². The number of piperidine rings is 1. The molecule has 2 heterocycles. The lowest BCUT2D eigenvalue weighted by Gasteiger charge is -2.34. The van der Waals surface area contributed by atoms with Gasteiger partial charge in [0, 0.05) is 12.0 Å². The van der Waals surface area contributed by atoms with Crippen molar-refractivity contribution in [1.29, 1.82) is 0 Å². The van der Waals surface area contributed by atoms with Gasteiger partial charge in [-0.2, -0.15) is 13.2 Å². The summed E-state index contributed by atoms with van der Waals surface area (Å²) in [6.07, 6.45) is -2.64. The minimum Gasteiger partial charge on any atom is -0.330 e. The van der Waals surface area contributed by atoms with E-state index in [1.165, 1.54) is 4.70 Å². The molecule has 0 atom stereocenters. The van der Waals surface area contributed by atoms with E-state index in [0.29, 0.717) is 19.0 Å². The summed E-state index contributed by atoms with van der Waals surface area (Å²) < 4.78 is 39.3. The third kappa shape index (κ3) is 5.19. The molecule has 1 fully saturated rings. The van der Waals surface area contributed by atoms with Gasteiger partial charge in [0.1, 0.15) is 6.54 Å². The number of halogens is 3. The van der Waals surface area contributed by atoms with Gasteiger partial charge in [0.15, 0.2) is 0 Å². The summed E-state index contributed by atoms with van der Waals surface area (Å²) in [5.74, 6) is -0.106. The molecule has 1 aromatic carbocycles. The molecule has 27 heavy (non-hydrogen) atoms. The summed E-state index contributed by atoms with van der Waals surface area (Å²) in [4.78, 5) is 20.0. The molecule has 0 aliphatic carbocycles. The Morgan fingerprint density at radius 3 is 2.56 bits per heavy atom. The van der Waals surface area contributed by atoms with E-state index >= 15 is 0 Å². The van der Waals surface area contributed by atoms with E-state index in [1.54, 1.807) is 25.2 Å². The summed E-state index contributed by atoms with van der Waals surface area (Å²) in [6, 6.07) is 7.57. The molecule has 1 aromatic heterocycles.